The number of aryl methyl sites for hydroxylation is 1. The predicted molar refractivity (Wildman–Crippen MR) is 85.8 cm³/mol. The third-order valence-corrected chi connectivity index (χ3v) is 3.72. The van der Waals surface area contributed by atoms with Gasteiger partial charge in [0.05, 0.1) is 17.8 Å². The second kappa shape index (κ2) is 7.48. The van der Waals surface area contributed by atoms with Crippen molar-refractivity contribution in [2.45, 2.75) is 32.2 Å². The number of benzene rings is 1. The fourth-order valence-electron chi connectivity index (χ4n) is 2.12. The van der Waals surface area contributed by atoms with Crippen LogP contribution in [-0.4, -0.2) is 22.4 Å². The van der Waals surface area contributed by atoms with Crippen molar-refractivity contribution in [2.24, 2.45) is 12.8 Å². The molecule has 1 aromatic carbocycles. The largest absolute Gasteiger partial charge is 0.492 e. The van der Waals surface area contributed by atoms with Gasteiger partial charge in [0, 0.05) is 25.7 Å². The Balaban J connectivity index is 1.88. The van der Waals surface area contributed by atoms with Gasteiger partial charge in [0.2, 0.25) is 0 Å². The molecule has 0 spiro atoms. The average Bonchev–Trinajstić information content (AvgIpc) is 2.87. The molecule has 0 amide bonds. The lowest BCUT2D eigenvalue weighted by Gasteiger charge is -2.11. The van der Waals surface area contributed by atoms with Crippen LogP contribution in [0.15, 0.2) is 30.6 Å². The van der Waals surface area contributed by atoms with E-state index in [0.29, 0.717) is 11.6 Å². The fraction of sp³-hybridized carbons (Fsp3) is 0.438. The molecule has 0 fully saturated rings. The van der Waals surface area contributed by atoms with E-state index in [4.69, 9.17) is 22.1 Å². The normalized spacial score (nSPS) is 12.4. The van der Waals surface area contributed by atoms with Gasteiger partial charge in [-0.15, -0.1) is 0 Å². The first kappa shape index (κ1) is 15.9. The van der Waals surface area contributed by atoms with Crippen molar-refractivity contribution < 1.29 is 4.74 Å². The number of nitrogens with two attached hydrogens (primary N) is 1. The van der Waals surface area contributed by atoms with Crippen molar-refractivity contribution in [3.63, 3.8) is 0 Å². The molecule has 5 heteroatoms. The summed E-state index contributed by atoms with van der Waals surface area (Å²) >= 11 is 6.26. The van der Waals surface area contributed by atoms with Gasteiger partial charge in [0.15, 0.2) is 0 Å². The predicted octanol–water partition coefficient (Wildman–Crippen LogP) is 2.97. The summed E-state index contributed by atoms with van der Waals surface area (Å²) in [6.45, 7) is 2.67. The molecule has 2 rings (SSSR count). The molecule has 1 heterocycles. The van der Waals surface area contributed by atoms with Crippen LogP contribution in [0.4, 0.5) is 0 Å². The molecule has 0 aliphatic rings. The van der Waals surface area contributed by atoms with E-state index in [1.54, 1.807) is 4.68 Å². The Bertz CT molecular complexity index is 583. The molecule has 2 N–H and O–H groups in total. The van der Waals surface area contributed by atoms with Crippen molar-refractivity contribution in [1.82, 2.24) is 9.78 Å². The Morgan fingerprint density at radius 1 is 1.38 bits per heavy atom. The van der Waals surface area contributed by atoms with Crippen LogP contribution in [0.1, 0.15) is 24.5 Å². The van der Waals surface area contributed by atoms with E-state index in [0.717, 1.165) is 36.1 Å². The van der Waals surface area contributed by atoms with Crippen molar-refractivity contribution in [2.75, 3.05) is 6.61 Å². The highest BCUT2D eigenvalue weighted by Crippen LogP contribution is 2.26. The van der Waals surface area contributed by atoms with Crippen molar-refractivity contribution in [1.29, 1.82) is 0 Å². The molecular weight excluding hydrogens is 286 g/mol. The molecule has 21 heavy (non-hydrogen) atoms. The zero-order valence-electron chi connectivity index (χ0n) is 12.6. The van der Waals surface area contributed by atoms with Crippen LogP contribution in [0, 0.1) is 0 Å². The zero-order valence-corrected chi connectivity index (χ0v) is 13.3. The molecule has 0 radical (unpaired) electrons. The Morgan fingerprint density at radius 3 is 2.81 bits per heavy atom. The molecule has 0 aliphatic carbocycles. The number of ether oxygens (including phenoxy) is 1. The molecule has 2 aromatic rings. The molecular formula is C16H22ClN3O. The second-order valence-electron chi connectivity index (χ2n) is 5.26. The average molecular weight is 308 g/mol. The van der Waals surface area contributed by atoms with E-state index in [-0.39, 0.29) is 6.04 Å². The third kappa shape index (κ3) is 4.76. The van der Waals surface area contributed by atoms with E-state index < -0.39 is 0 Å². The summed E-state index contributed by atoms with van der Waals surface area (Å²) < 4.78 is 7.52. The van der Waals surface area contributed by atoms with Gasteiger partial charge in [-0.1, -0.05) is 24.6 Å². The van der Waals surface area contributed by atoms with E-state index >= 15 is 0 Å². The first-order valence-electron chi connectivity index (χ1n) is 7.22. The SMILES string of the molecule is CCC(N)Cc1ccc(OCCc2cnn(C)c2)c(Cl)c1. The molecule has 0 aliphatic heterocycles. The summed E-state index contributed by atoms with van der Waals surface area (Å²) in [6, 6.07) is 6.07. The summed E-state index contributed by atoms with van der Waals surface area (Å²) in [5.74, 6) is 0.717. The van der Waals surface area contributed by atoms with Crippen LogP contribution in [0.5, 0.6) is 5.75 Å². The highest BCUT2D eigenvalue weighted by atomic mass is 35.5. The van der Waals surface area contributed by atoms with E-state index in [2.05, 4.69) is 12.0 Å². The zero-order chi connectivity index (χ0) is 15.2. The van der Waals surface area contributed by atoms with Gasteiger partial charge in [-0.3, -0.25) is 4.68 Å². The standard InChI is InChI=1S/C16H22ClN3O/c1-3-14(18)8-12-4-5-16(15(17)9-12)21-7-6-13-10-19-20(2)11-13/h4-5,9-11,14H,3,6-8,18H2,1-2H3. The van der Waals surface area contributed by atoms with Crippen LogP contribution in [0.3, 0.4) is 0 Å². The maximum absolute atomic E-state index is 6.26. The lowest BCUT2D eigenvalue weighted by Crippen LogP contribution is -2.21. The molecule has 0 saturated heterocycles. The number of hydrogen-bond donors (Lipinski definition) is 1. The van der Waals surface area contributed by atoms with Crippen molar-refractivity contribution in [3.8, 4) is 5.75 Å². The van der Waals surface area contributed by atoms with Gasteiger partial charge in [-0.2, -0.15) is 5.10 Å². The van der Waals surface area contributed by atoms with E-state index in [9.17, 15) is 0 Å². The van der Waals surface area contributed by atoms with Crippen LogP contribution in [0.25, 0.3) is 0 Å². The van der Waals surface area contributed by atoms with E-state index in [1.165, 1.54) is 0 Å². The minimum Gasteiger partial charge on any atom is -0.492 e. The number of nitrogens with zero attached hydrogens (tertiary/aromatic N) is 2. The highest BCUT2D eigenvalue weighted by molar-refractivity contribution is 6.32. The minimum atomic E-state index is 0.179. The van der Waals surface area contributed by atoms with Gasteiger partial charge in [-0.25, -0.2) is 0 Å². The topological polar surface area (TPSA) is 53.1 Å². The maximum atomic E-state index is 6.26. The molecule has 4 nitrogen and oxygen atoms in total. The Hall–Kier alpha value is -1.52. The smallest absolute Gasteiger partial charge is 0.137 e. The monoisotopic (exact) mass is 307 g/mol. The van der Waals surface area contributed by atoms with Gasteiger partial charge in [0.25, 0.3) is 0 Å². The Morgan fingerprint density at radius 2 is 2.19 bits per heavy atom. The van der Waals surface area contributed by atoms with Crippen LogP contribution in [0.2, 0.25) is 5.02 Å². The second-order valence-corrected chi connectivity index (χ2v) is 5.67. The van der Waals surface area contributed by atoms with Crippen molar-refractivity contribution >= 4 is 11.6 Å². The minimum absolute atomic E-state index is 0.179. The van der Waals surface area contributed by atoms with Gasteiger partial charge < -0.3 is 10.5 Å². The molecule has 1 atom stereocenters. The van der Waals surface area contributed by atoms with Crippen LogP contribution >= 0.6 is 11.6 Å². The van der Waals surface area contributed by atoms with Gasteiger partial charge in [0.1, 0.15) is 5.75 Å². The maximum Gasteiger partial charge on any atom is 0.137 e. The number of hydrogen-bond acceptors (Lipinski definition) is 3. The summed E-state index contributed by atoms with van der Waals surface area (Å²) in [7, 11) is 1.90. The quantitative estimate of drug-likeness (QED) is 0.855. The van der Waals surface area contributed by atoms with Crippen molar-refractivity contribution in [3.05, 3.63) is 46.7 Å². The molecule has 1 aromatic heterocycles. The number of aromatic nitrogens is 2. The third-order valence-electron chi connectivity index (χ3n) is 3.43. The van der Waals surface area contributed by atoms with Gasteiger partial charge in [-0.05, 0) is 36.1 Å². The number of halogens is 1. The van der Waals surface area contributed by atoms with Crippen LogP contribution in [-0.2, 0) is 19.9 Å². The van der Waals surface area contributed by atoms with E-state index in [1.807, 2.05) is 37.6 Å². The van der Waals surface area contributed by atoms with Crippen LogP contribution < -0.4 is 10.5 Å². The molecule has 0 saturated carbocycles. The van der Waals surface area contributed by atoms with Gasteiger partial charge >= 0.3 is 0 Å². The summed E-state index contributed by atoms with van der Waals surface area (Å²) in [6.07, 6.45) is 6.44. The summed E-state index contributed by atoms with van der Waals surface area (Å²) in [4.78, 5) is 0. The number of rotatable bonds is 7. The lowest BCUT2D eigenvalue weighted by molar-refractivity contribution is 0.322. The highest BCUT2D eigenvalue weighted by Gasteiger charge is 2.06. The first-order chi connectivity index (χ1) is 10.1. The molecule has 0 bridgehead atoms. The molecule has 114 valence electrons. The Labute approximate surface area is 130 Å². The first-order valence-corrected chi connectivity index (χ1v) is 7.60. The summed E-state index contributed by atoms with van der Waals surface area (Å²) in [5, 5.41) is 4.77. The Kier molecular flexibility index (Phi) is 5.65. The molecule has 1 unspecified atom stereocenters. The fourth-order valence-corrected chi connectivity index (χ4v) is 2.37. The summed E-state index contributed by atoms with van der Waals surface area (Å²) in [5.41, 5.74) is 8.26. The lowest BCUT2D eigenvalue weighted by atomic mass is 10.0.